The lowest BCUT2D eigenvalue weighted by atomic mass is 9.66. The summed E-state index contributed by atoms with van der Waals surface area (Å²) < 4.78 is 0. The zero-order valence-corrected chi connectivity index (χ0v) is 36.9. The van der Waals surface area contributed by atoms with Gasteiger partial charge in [-0.15, -0.1) is 0 Å². The van der Waals surface area contributed by atoms with Crippen LogP contribution in [0, 0.1) is 0 Å². The molecule has 0 fully saturated rings. The third kappa shape index (κ3) is 6.35. The molecule has 0 heterocycles. The number of hydrogen-bond donors (Lipinski definition) is 1. The molecular formula is C66H46O. The molecule has 0 saturated carbocycles. The number of aliphatic hydroxyl groups is 1. The van der Waals surface area contributed by atoms with E-state index in [4.69, 9.17) is 0 Å². The van der Waals surface area contributed by atoms with Crippen LogP contribution in [0.4, 0.5) is 0 Å². The van der Waals surface area contributed by atoms with Gasteiger partial charge in [0.25, 0.3) is 0 Å². The molecule has 0 spiro atoms. The highest BCUT2D eigenvalue weighted by molar-refractivity contribution is 6.19. The Morgan fingerprint density at radius 3 is 1.30 bits per heavy atom. The second-order valence-corrected chi connectivity index (χ2v) is 17.5. The van der Waals surface area contributed by atoms with E-state index >= 15 is 0 Å². The molecule has 0 saturated heterocycles. The first-order valence-electron chi connectivity index (χ1n) is 23.2. The summed E-state index contributed by atoms with van der Waals surface area (Å²) in [7, 11) is 0. The monoisotopic (exact) mass is 854 g/mol. The van der Waals surface area contributed by atoms with Crippen LogP contribution in [-0.2, 0) is 11.0 Å². The van der Waals surface area contributed by atoms with Crippen molar-refractivity contribution in [3.05, 3.63) is 312 Å². The molecule has 1 nitrogen and oxygen atoms in total. The minimum atomic E-state index is -1.30. The molecule has 0 aromatic heterocycles. The van der Waals surface area contributed by atoms with Crippen LogP contribution in [0.15, 0.2) is 273 Å². The van der Waals surface area contributed by atoms with Gasteiger partial charge in [0.05, 0.1) is 5.41 Å². The number of benzene rings is 12. The van der Waals surface area contributed by atoms with Crippen molar-refractivity contribution in [3.63, 3.8) is 0 Å². The zero-order chi connectivity index (χ0) is 44.8. The smallest absolute Gasteiger partial charge is 0.141 e. The second kappa shape index (κ2) is 16.6. The van der Waals surface area contributed by atoms with Gasteiger partial charge in [-0.25, -0.2) is 0 Å². The quantitative estimate of drug-likeness (QED) is 0.130. The fourth-order valence-electron chi connectivity index (χ4n) is 11.3. The SMILES string of the molecule is OC(c1ccccc1)(c1ccccc1)c1ccccc1-c1cc2ccccc2c2ccccc12.c1ccc(C2(c3ccccc3)c3ccccc3-c3c2c2ccccc2c2ccccc32)cc1. The van der Waals surface area contributed by atoms with Crippen molar-refractivity contribution >= 4 is 43.1 Å². The summed E-state index contributed by atoms with van der Waals surface area (Å²) in [6, 6.07) is 96.4. The number of rotatable bonds is 6. The first-order chi connectivity index (χ1) is 33.2. The lowest BCUT2D eigenvalue weighted by molar-refractivity contribution is 0.126. The van der Waals surface area contributed by atoms with Gasteiger partial charge in [0.15, 0.2) is 0 Å². The lowest BCUT2D eigenvalue weighted by Gasteiger charge is -2.34. The Hall–Kier alpha value is -8.36. The van der Waals surface area contributed by atoms with Crippen LogP contribution in [0.5, 0.6) is 0 Å². The van der Waals surface area contributed by atoms with Gasteiger partial charge in [-0.2, -0.15) is 0 Å². The summed E-state index contributed by atoms with van der Waals surface area (Å²) in [5.74, 6) is 0. The van der Waals surface area contributed by atoms with Crippen LogP contribution in [0.3, 0.4) is 0 Å². The van der Waals surface area contributed by atoms with E-state index in [9.17, 15) is 5.11 Å². The Morgan fingerprint density at radius 2 is 0.701 bits per heavy atom. The summed E-state index contributed by atoms with van der Waals surface area (Å²) in [5.41, 5.74) is 11.1. The second-order valence-electron chi connectivity index (χ2n) is 17.5. The molecule has 1 aliphatic carbocycles. The Morgan fingerprint density at radius 1 is 0.299 bits per heavy atom. The maximum Gasteiger partial charge on any atom is 0.141 e. The average molecular weight is 855 g/mol. The van der Waals surface area contributed by atoms with Crippen LogP contribution in [0.1, 0.15) is 38.9 Å². The van der Waals surface area contributed by atoms with E-state index in [0.717, 1.165) is 27.8 Å². The van der Waals surface area contributed by atoms with E-state index in [2.05, 4.69) is 206 Å². The molecule has 13 rings (SSSR count). The van der Waals surface area contributed by atoms with E-state index in [0.29, 0.717) is 0 Å². The third-order valence-electron chi connectivity index (χ3n) is 14.1. The van der Waals surface area contributed by atoms with Gasteiger partial charge in [-0.3, -0.25) is 0 Å². The minimum Gasteiger partial charge on any atom is -0.376 e. The number of fused-ring (bicyclic) bond motifs is 11. The largest absolute Gasteiger partial charge is 0.376 e. The Kier molecular flexibility index (Phi) is 9.93. The van der Waals surface area contributed by atoms with Gasteiger partial charge in [0.2, 0.25) is 0 Å². The summed E-state index contributed by atoms with van der Waals surface area (Å²) in [5, 5.41) is 22.7. The molecule has 0 unspecified atom stereocenters. The summed E-state index contributed by atoms with van der Waals surface area (Å²) in [6.07, 6.45) is 0. The molecule has 1 aliphatic rings. The van der Waals surface area contributed by atoms with Gasteiger partial charge >= 0.3 is 0 Å². The Balaban J connectivity index is 0.000000140. The van der Waals surface area contributed by atoms with Gasteiger partial charge in [0, 0.05) is 5.56 Å². The van der Waals surface area contributed by atoms with Gasteiger partial charge < -0.3 is 5.11 Å². The van der Waals surface area contributed by atoms with E-state index < -0.39 is 5.60 Å². The fraction of sp³-hybridized carbons (Fsp3) is 0.0303. The van der Waals surface area contributed by atoms with Crippen LogP contribution < -0.4 is 0 Å². The highest BCUT2D eigenvalue weighted by Gasteiger charge is 2.47. The lowest BCUT2D eigenvalue weighted by Crippen LogP contribution is -2.29. The summed E-state index contributed by atoms with van der Waals surface area (Å²) >= 11 is 0. The van der Waals surface area contributed by atoms with Crippen LogP contribution in [0.2, 0.25) is 0 Å². The van der Waals surface area contributed by atoms with Crippen LogP contribution in [-0.4, -0.2) is 5.11 Å². The summed E-state index contributed by atoms with van der Waals surface area (Å²) in [4.78, 5) is 0. The van der Waals surface area contributed by atoms with Crippen molar-refractivity contribution in [1.29, 1.82) is 0 Å². The average Bonchev–Trinajstić information content (AvgIpc) is 3.74. The van der Waals surface area contributed by atoms with Gasteiger partial charge in [-0.05, 0) is 105 Å². The van der Waals surface area contributed by atoms with Crippen LogP contribution in [0.25, 0.3) is 65.3 Å². The minimum absolute atomic E-state index is 0.377. The topological polar surface area (TPSA) is 20.2 Å². The van der Waals surface area contributed by atoms with E-state index in [1.165, 1.54) is 76.5 Å². The highest BCUT2D eigenvalue weighted by Crippen LogP contribution is 2.60. The molecule has 0 aliphatic heterocycles. The van der Waals surface area contributed by atoms with Crippen molar-refractivity contribution in [3.8, 4) is 22.3 Å². The Labute approximate surface area is 391 Å². The number of hydrogen-bond acceptors (Lipinski definition) is 1. The zero-order valence-electron chi connectivity index (χ0n) is 36.9. The highest BCUT2D eigenvalue weighted by atomic mass is 16.3. The normalized spacial score (nSPS) is 12.7. The molecule has 316 valence electrons. The molecule has 12 aromatic carbocycles. The molecule has 0 amide bonds. The predicted molar refractivity (Wildman–Crippen MR) is 281 cm³/mol. The molecule has 67 heavy (non-hydrogen) atoms. The van der Waals surface area contributed by atoms with E-state index in [1.54, 1.807) is 0 Å². The van der Waals surface area contributed by atoms with Crippen LogP contribution >= 0.6 is 0 Å². The van der Waals surface area contributed by atoms with E-state index in [-0.39, 0.29) is 5.41 Å². The fourth-order valence-corrected chi connectivity index (χ4v) is 11.3. The van der Waals surface area contributed by atoms with Gasteiger partial charge in [0.1, 0.15) is 5.60 Å². The molecule has 0 radical (unpaired) electrons. The predicted octanol–water partition coefficient (Wildman–Crippen LogP) is 16.3. The molecule has 0 bridgehead atoms. The third-order valence-corrected chi connectivity index (χ3v) is 14.1. The van der Waals surface area contributed by atoms with Crippen molar-refractivity contribution in [2.24, 2.45) is 0 Å². The van der Waals surface area contributed by atoms with Crippen molar-refractivity contribution in [2.45, 2.75) is 11.0 Å². The first kappa shape index (κ1) is 40.2. The summed E-state index contributed by atoms with van der Waals surface area (Å²) in [6.45, 7) is 0. The molecular weight excluding hydrogens is 809 g/mol. The molecule has 12 aromatic rings. The van der Waals surface area contributed by atoms with Gasteiger partial charge in [-0.1, -0.05) is 267 Å². The molecule has 0 atom stereocenters. The Bertz CT molecular complexity index is 3670. The maximum absolute atomic E-state index is 12.6. The molecule has 1 N–H and O–H groups in total. The van der Waals surface area contributed by atoms with Crippen molar-refractivity contribution in [2.75, 3.05) is 0 Å². The first-order valence-corrected chi connectivity index (χ1v) is 23.2. The van der Waals surface area contributed by atoms with Crippen molar-refractivity contribution in [1.82, 2.24) is 0 Å². The molecule has 1 heteroatoms. The van der Waals surface area contributed by atoms with E-state index in [1.807, 2.05) is 66.7 Å². The van der Waals surface area contributed by atoms with Crippen molar-refractivity contribution < 1.29 is 5.11 Å². The maximum atomic E-state index is 12.6. The standard InChI is InChI=1S/C33H24O.C33H22/c34-33(25-14-3-1-4-15-25,26-16-5-2-6-17-26)32-22-12-11-21-30(32)31-23-24-13-7-8-18-27(24)28-19-9-10-20-29(28)31;1-3-13-23(14-4-1)33(24-15-5-2-6-16-24)30-22-12-11-21-29(30)31-27-19-9-7-17-25(27)26-18-8-10-20-28(26)32(31)33/h1-23,34H;1-22H.